The summed E-state index contributed by atoms with van der Waals surface area (Å²) in [6, 6.07) is 63.6. The quantitative estimate of drug-likeness (QED) is 0.177. The van der Waals surface area contributed by atoms with Crippen LogP contribution in [0.4, 0.5) is 0 Å². The van der Waals surface area contributed by atoms with Gasteiger partial charge in [-0.25, -0.2) is 15.0 Å². The van der Waals surface area contributed by atoms with Crippen molar-refractivity contribution >= 4 is 0 Å². The summed E-state index contributed by atoms with van der Waals surface area (Å²) in [5, 5.41) is 0. The number of rotatable bonds is 5. The van der Waals surface area contributed by atoms with Crippen molar-refractivity contribution in [2.75, 3.05) is 0 Å². The molecule has 7 aromatic carbocycles. The molecule has 56 heavy (non-hydrogen) atoms. The van der Waals surface area contributed by atoms with Crippen LogP contribution in [0.1, 0.15) is 22.3 Å². The highest BCUT2D eigenvalue weighted by molar-refractivity contribution is 5.91. The van der Waals surface area contributed by atoms with E-state index in [4.69, 9.17) is 19.7 Å². The number of para-hydroxylation sites is 2. The molecule has 1 aliphatic carbocycles. The highest BCUT2D eigenvalue weighted by Crippen LogP contribution is 2.62. The predicted molar refractivity (Wildman–Crippen MR) is 222 cm³/mol. The Labute approximate surface area is 324 Å². The van der Waals surface area contributed by atoms with Gasteiger partial charge in [-0.3, -0.25) is 4.98 Å². The van der Waals surface area contributed by atoms with Crippen molar-refractivity contribution in [2.45, 2.75) is 5.41 Å². The van der Waals surface area contributed by atoms with E-state index in [2.05, 4.69) is 138 Å². The maximum Gasteiger partial charge on any atom is 0.164 e. The van der Waals surface area contributed by atoms with E-state index in [1.165, 1.54) is 16.7 Å². The monoisotopic (exact) mass is 716 g/mol. The van der Waals surface area contributed by atoms with Crippen molar-refractivity contribution in [3.05, 3.63) is 217 Å². The molecule has 1 aliphatic heterocycles. The number of pyridine rings is 1. The molecule has 0 atom stereocenters. The number of nitrogens with zero attached hydrogens (tertiary/aromatic N) is 4. The second kappa shape index (κ2) is 12.8. The van der Waals surface area contributed by atoms with Crippen LogP contribution in [0.15, 0.2) is 194 Å². The van der Waals surface area contributed by atoms with Gasteiger partial charge in [0.15, 0.2) is 17.5 Å². The molecule has 3 heterocycles. The maximum atomic E-state index is 6.65. The summed E-state index contributed by atoms with van der Waals surface area (Å²) in [6.45, 7) is 0. The summed E-state index contributed by atoms with van der Waals surface area (Å²) in [6.07, 6.45) is 3.70. The second-order valence-electron chi connectivity index (χ2n) is 14.2. The van der Waals surface area contributed by atoms with E-state index in [1.54, 1.807) is 0 Å². The molecule has 1 spiro atoms. The molecule has 9 aromatic rings. The zero-order valence-electron chi connectivity index (χ0n) is 30.2. The Bertz CT molecular complexity index is 2900. The molecule has 0 saturated carbocycles. The van der Waals surface area contributed by atoms with Gasteiger partial charge in [-0.2, -0.15) is 0 Å². The second-order valence-corrected chi connectivity index (χ2v) is 14.2. The van der Waals surface area contributed by atoms with Crippen LogP contribution in [0.5, 0.6) is 11.5 Å². The van der Waals surface area contributed by atoms with Gasteiger partial charge in [0.1, 0.15) is 11.5 Å². The standard InChI is InChI=1S/C51H32N4O/c1-3-12-33(13-4-1)36-16-11-17-38(30-36)49-53-48(35-14-5-2-6-15-35)54-50(55-49)39-23-25-41-40-24-22-37(34-26-28-52-29-27-34)31-44(40)51(45(41)32-39)42-18-7-9-20-46(42)56-47-21-10-8-19-43(47)51/h1-32H. The molecule has 0 fully saturated rings. The van der Waals surface area contributed by atoms with E-state index < -0.39 is 5.41 Å². The topological polar surface area (TPSA) is 60.8 Å². The van der Waals surface area contributed by atoms with Gasteiger partial charge >= 0.3 is 0 Å². The lowest BCUT2D eigenvalue weighted by molar-refractivity contribution is 0.436. The lowest BCUT2D eigenvalue weighted by atomic mass is 9.65. The third-order valence-electron chi connectivity index (χ3n) is 11.1. The minimum absolute atomic E-state index is 0.610. The molecule has 0 radical (unpaired) electrons. The Morgan fingerprint density at radius 1 is 0.321 bits per heavy atom. The Morgan fingerprint density at radius 2 is 0.768 bits per heavy atom. The first kappa shape index (κ1) is 32.0. The minimum atomic E-state index is -0.669. The highest BCUT2D eigenvalue weighted by Gasteiger charge is 2.51. The smallest absolute Gasteiger partial charge is 0.164 e. The zero-order chi connectivity index (χ0) is 37.1. The fourth-order valence-electron chi connectivity index (χ4n) is 8.58. The number of hydrogen-bond acceptors (Lipinski definition) is 5. The first-order valence-corrected chi connectivity index (χ1v) is 18.8. The predicted octanol–water partition coefficient (Wildman–Crippen LogP) is 12.1. The molecular weight excluding hydrogens is 685 g/mol. The Morgan fingerprint density at radius 3 is 1.41 bits per heavy atom. The van der Waals surface area contributed by atoms with E-state index >= 15 is 0 Å². The summed E-state index contributed by atoms with van der Waals surface area (Å²) in [4.78, 5) is 19.8. The molecule has 11 rings (SSSR count). The van der Waals surface area contributed by atoms with E-state index in [-0.39, 0.29) is 0 Å². The molecular formula is C51H32N4O. The van der Waals surface area contributed by atoms with Crippen LogP contribution >= 0.6 is 0 Å². The third kappa shape index (κ3) is 5.02. The number of ether oxygens (including phenoxy) is 1. The lowest BCUT2D eigenvalue weighted by Crippen LogP contribution is -2.32. The molecule has 0 unspecified atom stereocenters. The summed E-state index contributed by atoms with van der Waals surface area (Å²) >= 11 is 0. The molecule has 5 nitrogen and oxygen atoms in total. The fraction of sp³-hybridized carbons (Fsp3) is 0.0196. The van der Waals surface area contributed by atoms with Crippen molar-refractivity contribution in [1.29, 1.82) is 0 Å². The number of benzene rings is 7. The van der Waals surface area contributed by atoms with Crippen LogP contribution < -0.4 is 4.74 Å². The average molecular weight is 717 g/mol. The van der Waals surface area contributed by atoms with Crippen LogP contribution in [0.3, 0.4) is 0 Å². The van der Waals surface area contributed by atoms with Crippen molar-refractivity contribution < 1.29 is 4.74 Å². The first-order valence-electron chi connectivity index (χ1n) is 18.8. The van der Waals surface area contributed by atoms with Gasteiger partial charge in [0.05, 0.1) is 5.41 Å². The van der Waals surface area contributed by atoms with E-state index in [1.807, 2.05) is 60.9 Å². The van der Waals surface area contributed by atoms with Gasteiger partial charge in [-0.15, -0.1) is 0 Å². The normalized spacial score (nSPS) is 12.9. The average Bonchev–Trinajstić information content (AvgIpc) is 3.56. The van der Waals surface area contributed by atoms with Gasteiger partial charge in [0.25, 0.3) is 0 Å². The Balaban J connectivity index is 1.16. The van der Waals surface area contributed by atoms with Crippen LogP contribution in [-0.2, 0) is 5.41 Å². The first-order chi connectivity index (χ1) is 27.7. The number of aromatic nitrogens is 4. The SMILES string of the molecule is c1ccc(-c2cccc(-c3nc(-c4ccccc4)nc(-c4ccc5c(c4)C4(c6ccccc6Oc6ccccc64)c4cc(-c6ccncc6)ccc4-5)n3)c2)cc1. The van der Waals surface area contributed by atoms with Gasteiger partial charge in [0.2, 0.25) is 0 Å². The van der Waals surface area contributed by atoms with Gasteiger partial charge < -0.3 is 4.74 Å². The molecule has 5 heteroatoms. The minimum Gasteiger partial charge on any atom is -0.457 e. The summed E-state index contributed by atoms with van der Waals surface area (Å²) in [5.74, 6) is 3.54. The van der Waals surface area contributed by atoms with Gasteiger partial charge in [-0.1, -0.05) is 140 Å². The highest BCUT2D eigenvalue weighted by atomic mass is 16.5. The van der Waals surface area contributed by atoms with Crippen molar-refractivity contribution in [3.8, 4) is 79.0 Å². The molecule has 0 amide bonds. The third-order valence-corrected chi connectivity index (χ3v) is 11.1. The van der Waals surface area contributed by atoms with Crippen molar-refractivity contribution in [1.82, 2.24) is 19.9 Å². The Kier molecular flexibility index (Phi) is 7.32. The molecule has 0 saturated heterocycles. The number of fused-ring (bicyclic) bond motifs is 9. The summed E-state index contributed by atoms with van der Waals surface area (Å²) in [5.41, 5.74) is 13.5. The van der Waals surface area contributed by atoms with Gasteiger partial charge in [0, 0.05) is 40.2 Å². The largest absolute Gasteiger partial charge is 0.457 e. The lowest BCUT2D eigenvalue weighted by Gasteiger charge is -2.39. The van der Waals surface area contributed by atoms with Crippen molar-refractivity contribution in [3.63, 3.8) is 0 Å². The van der Waals surface area contributed by atoms with E-state index in [0.29, 0.717) is 17.5 Å². The van der Waals surface area contributed by atoms with Crippen LogP contribution in [0.2, 0.25) is 0 Å². The Hall–Kier alpha value is -7.50. The van der Waals surface area contributed by atoms with E-state index in [9.17, 15) is 0 Å². The molecule has 262 valence electrons. The van der Waals surface area contributed by atoms with Crippen LogP contribution in [0.25, 0.3) is 67.5 Å². The van der Waals surface area contributed by atoms with Gasteiger partial charge in [-0.05, 0) is 87.0 Å². The van der Waals surface area contributed by atoms with Crippen LogP contribution in [0, 0.1) is 0 Å². The molecule has 2 aromatic heterocycles. The molecule has 0 N–H and O–H groups in total. The maximum absolute atomic E-state index is 6.65. The van der Waals surface area contributed by atoms with Crippen molar-refractivity contribution in [2.24, 2.45) is 0 Å². The fourth-order valence-corrected chi connectivity index (χ4v) is 8.58. The van der Waals surface area contributed by atoms with Crippen LogP contribution in [-0.4, -0.2) is 19.9 Å². The molecule has 2 aliphatic rings. The summed E-state index contributed by atoms with van der Waals surface area (Å²) in [7, 11) is 0. The van der Waals surface area contributed by atoms with E-state index in [0.717, 1.165) is 67.1 Å². The zero-order valence-corrected chi connectivity index (χ0v) is 30.2. The number of hydrogen-bond donors (Lipinski definition) is 0. The summed E-state index contributed by atoms with van der Waals surface area (Å²) < 4.78 is 6.65. The molecule has 0 bridgehead atoms.